The maximum absolute atomic E-state index is 4.45. The molecule has 1 fully saturated rings. The first kappa shape index (κ1) is 10.5. The zero-order valence-electron chi connectivity index (χ0n) is 9.98. The Balaban J connectivity index is 2.09. The second kappa shape index (κ2) is 4.30. The van der Waals surface area contributed by atoms with Crippen molar-refractivity contribution in [1.29, 1.82) is 0 Å². The number of piperazine rings is 1. The predicted octanol–water partition coefficient (Wildman–Crippen LogP) is 1.35. The number of benzene rings is 1. The summed E-state index contributed by atoms with van der Waals surface area (Å²) in [5, 5.41) is 4.51. The summed E-state index contributed by atoms with van der Waals surface area (Å²) in [4.78, 5) is 11.1. The largest absolute Gasteiger partial charge is 0.353 e. The maximum atomic E-state index is 4.45. The summed E-state index contributed by atoms with van der Waals surface area (Å²) < 4.78 is 0. The van der Waals surface area contributed by atoms with Gasteiger partial charge in [-0.05, 0) is 24.6 Å². The zero-order valence-corrected chi connectivity index (χ0v) is 9.98. The van der Waals surface area contributed by atoms with E-state index in [1.165, 1.54) is 5.56 Å². The van der Waals surface area contributed by atoms with Crippen molar-refractivity contribution in [1.82, 2.24) is 15.3 Å². The second-order valence-electron chi connectivity index (χ2n) is 4.45. The third-order valence-electron chi connectivity index (χ3n) is 3.19. The van der Waals surface area contributed by atoms with E-state index >= 15 is 0 Å². The minimum absolute atomic E-state index is 1.01. The zero-order chi connectivity index (χ0) is 11.7. The van der Waals surface area contributed by atoms with Gasteiger partial charge in [0.2, 0.25) is 0 Å². The summed E-state index contributed by atoms with van der Waals surface area (Å²) in [7, 11) is 0. The highest BCUT2D eigenvalue weighted by Gasteiger charge is 2.14. The highest BCUT2D eigenvalue weighted by molar-refractivity contribution is 5.89. The molecule has 4 nitrogen and oxygen atoms in total. The predicted molar refractivity (Wildman–Crippen MR) is 69.4 cm³/mol. The molecule has 17 heavy (non-hydrogen) atoms. The quantitative estimate of drug-likeness (QED) is 0.800. The molecule has 0 saturated carbocycles. The smallest absolute Gasteiger partial charge is 0.139 e. The van der Waals surface area contributed by atoms with Gasteiger partial charge in [-0.15, -0.1) is 0 Å². The molecule has 0 spiro atoms. The lowest BCUT2D eigenvalue weighted by Crippen LogP contribution is -2.44. The number of nitrogens with zero attached hydrogens (tertiary/aromatic N) is 3. The Morgan fingerprint density at radius 2 is 2.00 bits per heavy atom. The Hall–Kier alpha value is -1.68. The van der Waals surface area contributed by atoms with E-state index in [9.17, 15) is 0 Å². The van der Waals surface area contributed by atoms with Gasteiger partial charge in [0.1, 0.15) is 12.1 Å². The Labute approximate surface area is 101 Å². The molecule has 0 amide bonds. The number of rotatable bonds is 1. The van der Waals surface area contributed by atoms with Crippen LogP contribution < -0.4 is 10.2 Å². The molecule has 1 aliphatic heterocycles. The van der Waals surface area contributed by atoms with Crippen LogP contribution in [0.25, 0.3) is 10.9 Å². The van der Waals surface area contributed by atoms with Crippen molar-refractivity contribution in [2.24, 2.45) is 0 Å². The molecule has 3 rings (SSSR count). The van der Waals surface area contributed by atoms with E-state index in [0.717, 1.165) is 42.9 Å². The minimum atomic E-state index is 1.01. The monoisotopic (exact) mass is 228 g/mol. The number of aromatic nitrogens is 2. The number of hydrogen-bond donors (Lipinski definition) is 1. The number of aryl methyl sites for hydroxylation is 1. The van der Waals surface area contributed by atoms with E-state index in [4.69, 9.17) is 0 Å². The van der Waals surface area contributed by atoms with E-state index in [-0.39, 0.29) is 0 Å². The van der Waals surface area contributed by atoms with Gasteiger partial charge in [-0.1, -0.05) is 6.07 Å². The Morgan fingerprint density at radius 1 is 1.18 bits per heavy atom. The lowest BCUT2D eigenvalue weighted by Gasteiger charge is -2.29. The summed E-state index contributed by atoms with van der Waals surface area (Å²) in [5.74, 6) is 1.07. The SMILES string of the molecule is Cc1ccc2c(N3CCNCC3)ncnc2c1. The summed E-state index contributed by atoms with van der Waals surface area (Å²) in [6, 6.07) is 6.36. The molecule has 1 saturated heterocycles. The molecule has 4 heteroatoms. The van der Waals surface area contributed by atoms with Gasteiger partial charge in [0, 0.05) is 31.6 Å². The molecule has 0 radical (unpaired) electrons. The molecule has 2 heterocycles. The molecule has 1 aromatic carbocycles. The van der Waals surface area contributed by atoms with Crippen LogP contribution in [0.2, 0.25) is 0 Å². The number of nitrogens with one attached hydrogen (secondary N) is 1. The van der Waals surface area contributed by atoms with Crippen LogP contribution in [0.1, 0.15) is 5.56 Å². The summed E-state index contributed by atoms with van der Waals surface area (Å²) in [6.07, 6.45) is 1.67. The van der Waals surface area contributed by atoms with Crippen LogP contribution in [-0.2, 0) is 0 Å². The van der Waals surface area contributed by atoms with E-state index in [1.807, 2.05) is 0 Å². The van der Waals surface area contributed by atoms with Crippen molar-refractivity contribution in [3.05, 3.63) is 30.1 Å². The fourth-order valence-corrected chi connectivity index (χ4v) is 2.28. The summed E-state index contributed by atoms with van der Waals surface area (Å²) >= 11 is 0. The van der Waals surface area contributed by atoms with Crippen LogP contribution in [0.15, 0.2) is 24.5 Å². The fourth-order valence-electron chi connectivity index (χ4n) is 2.28. The third-order valence-corrected chi connectivity index (χ3v) is 3.19. The summed E-state index contributed by atoms with van der Waals surface area (Å²) in [5.41, 5.74) is 2.27. The first-order valence-electron chi connectivity index (χ1n) is 6.01. The topological polar surface area (TPSA) is 41.0 Å². The second-order valence-corrected chi connectivity index (χ2v) is 4.45. The molecule has 1 aromatic heterocycles. The van der Waals surface area contributed by atoms with Gasteiger partial charge in [-0.25, -0.2) is 9.97 Å². The van der Waals surface area contributed by atoms with Crippen molar-refractivity contribution < 1.29 is 0 Å². The molecule has 0 aliphatic carbocycles. The minimum Gasteiger partial charge on any atom is -0.353 e. The van der Waals surface area contributed by atoms with Gasteiger partial charge in [-0.3, -0.25) is 0 Å². The van der Waals surface area contributed by atoms with Gasteiger partial charge in [0.25, 0.3) is 0 Å². The Bertz CT molecular complexity index is 532. The molecular weight excluding hydrogens is 212 g/mol. The van der Waals surface area contributed by atoms with Gasteiger partial charge in [0.05, 0.1) is 5.52 Å². The molecule has 1 N–H and O–H groups in total. The highest BCUT2D eigenvalue weighted by Crippen LogP contribution is 2.23. The highest BCUT2D eigenvalue weighted by atomic mass is 15.2. The van der Waals surface area contributed by atoms with Crippen LogP contribution >= 0.6 is 0 Å². The lowest BCUT2D eigenvalue weighted by molar-refractivity contribution is 0.586. The first-order chi connectivity index (χ1) is 8.34. The Morgan fingerprint density at radius 3 is 2.82 bits per heavy atom. The van der Waals surface area contributed by atoms with Crippen LogP contribution in [0.3, 0.4) is 0 Å². The lowest BCUT2D eigenvalue weighted by atomic mass is 10.1. The molecular formula is C13H16N4. The van der Waals surface area contributed by atoms with E-state index in [2.05, 4.69) is 45.3 Å². The molecule has 0 bridgehead atoms. The van der Waals surface area contributed by atoms with Crippen molar-refractivity contribution in [3.63, 3.8) is 0 Å². The average molecular weight is 228 g/mol. The van der Waals surface area contributed by atoms with Gasteiger partial charge in [-0.2, -0.15) is 0 Å². The van der Waals surface area contributed by atoms with Crippen molar-refractivity contribution in [2.45, 2.75) is 6.92 Å². The third kappa shape index (κ3) is 1.96. The molecule has 1 aliphatic rings. The molecule has 0 unspecified atom stereocenters. The number of anilines is 1. The fraction of sp³-hybridized carbons (Fsp3) is 0.385. The van der Waals surface area contributed by atoms with Crippen molar-refractivity contribution in [2.75, 3.05) is 31.1 Å². The summed E-state index contributed by atoms with van der Waals surface area (Å²) in [6.45, 7) is 6.17. The molecule has 2 aromatic rings. The van der Waals surface area contributed by atoms with Crippen LogP contribution in [0, 0.1) is 6.92 Å². The van der Waals surface area contributed by atoms with Crippen molar-refractivity contribution in [3.8, 4) is 0 Å². The van der Waals surface area contributed by atoms with E-state index in [0.29, 0.717) is 0 Å². The number of fused-ring (bicyclic) bond motifs is 1. The first-order valence-corrected chi connectivity index (χ1v) is 6.01. The maximum Gasteiger partial charge on any atom is 0.139 e. The normalized spacial score (nSPS) is 16.4. The Kier molecular flexibility index (Phi) is 2.65. The van der Waals surface area contributed by atoms with E-state index in [1.54, 1.807) is 6.33 Å². The molecule has 0 atom stereocenters. The van der Waals surface area contributed by atoms with E-state index < -0.39 is 0 Å². The molecule has 88 valence electrons. The van der Waals surface area contributed by atoms with Crippen LogP contribution in [0.5, 0.6) is 0 Å². The number of hydrogen-bond acceptors (Lipinski definition) is 4. The van der Waals surface area contributed by atoms with Crippen molar-refractivity contribution >= 4 is 16.7 Å². The van der Waals surface area contributed by atoms with Gasteiger partial charge >= 0.3 is 0 Å². The van der Waals surface area contributed by atoms with Crippen LogP contribution in [0.4, 0.5) is 5.82 Å². The van der Waals surface area contributed by atoms with Crippen LogP contribution in [-0.4, -0.2) is 36.1 Å². The van der Waals surface area contributed by atoms with Gasteiger partial charge in [0.15, 0.2) is 0 Å². The van der Waals surface area contributed by atoms with Gasteiger partial charge < -0.3 is 10.2 Å². The average Bonchev–Trinajstić information content (AvgIpc) is 2.39. The standard InChI is InChI=1S/C13H16N4/c1-10-2-3-11-12(8-10)15-9-16-13(11)17-6-4-14-5-7-17/h2-3,8-9,14H,4-7H2,1H3.